The SMILES string of the molecule is CC(C)C[C@@H](O)C(=O)N[C@H](Cc1c2ccccc2cc2ccccc12)C(=O)O. The van der Waals surface area contributed by atoms with Crippen molar-refractivity contribution in [3.8, 4) is 0 Å². The molecule has 5 nitrogen and oxygen atoms in total. The minimum atomic E-state index is -1.22. The predicted molar refractivity (Wildman–Crippen MR) is 110 cm³/mol. The molecule has 3 aromatic carbocycles. The molecule has 0 bridgehead atoms. The molecule has 0 heterocycles. The van der Waals surface area contributed by atoms with Crippen LogP contribution in [0.15, 0.2) is 54.6 Å². The van der Waals surface area contributed by atoms with Crippen molar-refractivity contribution in [1.29, 1.82) is 0 Å². The van der Waals surface area contributed by atoms with Gasteiger partial charge < -0.3 is 15.5 Å². The van der Waals surface area contributed by atoms with Crippen LogP contribution < -0.4 is 5.32 Å². The van der Waals surface area contributed by atoms with E-state index in [-0.39, 0.29) is 18.8 Å². The van der Waals surface area contributed by atoms with Gasteiger partial charge in [-0.1, -0.05) is 62.4 Å². The maximum atomic E-state index is 12.3. The number of aliphatic hydroxyl groups is 1. The van der Waals surface area contributed by atoms with Crippen LogP contribution >= 0.6 is 0 Å². The van der Waals surface area contributed by atoms with Gasteiger partial charge in [-0.3, -0.25) is 4.79 Å². The highest BCUT2D eigenvalue weighted by atomic mass is 16.4. The largest absolute Gasteiger partial charge is 0.480 e. The second-order valence-corrected chi connectivity index (χ2v) is 7.55. The fourth-order valence-electron chi connectivity index (χ4n) is 3.55. The molecule has 0 saturated carbocycles. The van der Waals surface area contributed by atoms with E-state index in [1.807, 2.05) is 62.4 Å². The summed E-state index contributed by atoms with van der Waals surface area (Å²) in [6, 6.07) is 16.6. The highest BCUT2D eigenvalue weighted by Gasteiger charge is 2.26. The molecule has 0 unspecified atom stereocenters. The number of hydrogen-bond donors (Lipinski definition) is 3. The Morgan fingerprint density at radius 2 is 1.50 bits per heavy atom. The van der Waals surface area contributed by atoms with E-state index in [1.54, 1.807) is 0 Å². The number of benzene rings is 3. The summed E-state index contributed by atoms with van der Waals surface area (Å²) >= 11 is 0. The topological polar surface area (TPSA) is 86.6 Å². The van der Waals surface area contributed by atoms with Crippen LogP contribution in [0.2, 0.25) is 0 Å². The molecule has 2 atom stereocenters. The quantitative estimate of drug-likeness (QED) is 0.548. The van der Waals surface area contributed by atoms with Crippen LogP contribution in [-0.4, -0.2) is 34.2 Å². The molecule has 0 aliphatic rings. The van der Waals surface area contributed by atoms with E-state index >= 15 is 0 Å². The van der Waals surface area contributed by atoms with E-state index in [4.69, 9.17) is 0 Å². The van der Waals surface area contributed by atoms with Crippen LogP contribution in [0.4, 0.5) is 0 Å². The second-order valence-electron chi connectivity index (χ2n) is 7.55. The lowest BCUT2D eigenvalue weighted by Gasteiger charge is -2.20. The van der Waals surface area contributed by atoms with Gasteiger partial charge in [0.2, 0.25) is 5.91 Å². The van der Waals surface area contributed by atoms with Gasteiger partial charge in [0.05, 0.1) is 0 Å². The first-order valence-corrected chi connectivity index (χ1v) is 9.47. The minimum Gasteiger partial charge on any atom is -0.480 e. The third kappa shape index (κ3) is 4.31. The average molecular weight is 379 g/mol. The number of amides is 1. The minimum absolute atomic E-state index is 0.131. The maximum absolute atomic E-state index is 12.3. The van der Waals surface area contributed by atoms with Crippen molar-refractivity contribution in [3.63, 3.8) is 0 Å². The van der Waals surface area contributed by atoms with Gasteiger partial charge in [0.15, 0.2) is 0 Å². The van der Waals surface area contributed by atoms with Gasteiger partial charge in [0, 0.05) is 6.42 Å². The summed E-state index contributed by atoms with van der Waals surface area (Å²) in [7, 11) is 0. The number of hydrogen-bond acceptors (Lipinski definition) is 3. The Morgan fingerprint density at radius 1 is 0.964 bits per heavy atom. The normalized spacial score (nSPS) is 13.6. The summed E-state index contributed by atoms with van der Waals surface area (Å²) in [6.45, 7) is 3.79. The summed E-state index contributed by atoms with van der Waals surface area (Å²) in [5, 5.41) is 26.2. The highest BCUT2D eigenvalue weighted by Crippen LogP contribution is 2.29. The molecule has 146 valence electrons. The molecule has 28 heavy (non-hydrogen) atoms. The van der Waals surface area contributed by atoms with E-state index in [2.05, 4.69) is 11.4 Å². The first-order valence-electron chi connectivity index (χ1n) is 9.47. The average Bonchev–Trinajstić information content (AvgIpc) is 2.66. The molecule has 1 amide bonds. The Hall–Kier alpha value is -2.92. The molecule has 0 radical (unpaired) electrons. The molecule has 0 fully saturated rings. The highest BCUT2D eigenvalue weighted by molar-refractivity contribution is 6.02. The molecular weight excluding hydrogens is 354 g/mol. The van der Waals surface area contributed by atoms with Gasteiger partial charge in [0.1, 0.15) is 12.1 Å². The summed E-state index contributed by atoms with van der Waals surface area (Å²) in [6.07, 6.45) is -0.793. The van der Waals surface area contributed by atoms with Gasteiger partial charge >= 0.3 is 5.97 Å². The fraction of sp³-hybridized carbons (Fsp3) is 0.304. The van der Waals surface area contributed by atoms with E-state index < -0.39 is 24.0 Å². The number of aliphatic carboxylic acids is 1. The number of carbonyl (C=O) groups is 2. The summed E-state index contributed by atoms with van der Waals surface area (Å²) in [5.74, 6) is -1.64. The Morgan fingerprint density at radius 3 is 2.00 bits per heavy atom. The number of carbonyl (C=O) groups excluding carboxylic acids is 1. The lowest BCUT2D eigenvalue weighted by atomic mass is 9.92. The van der Waals surface area contributed by atoms with Crippen molar-refractivity contribution < 1.29 is 19.8 Å². The molecule has 0 aliphatic heterocycles. The zero-order chi connectivity index (χ0) is 20.3. The molecule has 3 rings (SSSR count). The van der Waals surface area contributed by atoms with Crippen LogP contribution in [0.1, 0.15) is 25.8 Å². The summed E-state index contributed by atoms with van der Waals surface area (Å²) in [5.41, 5.74) is 0.875. The van der Waals surface area contributed by atoms with E-state index in [1.165, 1.54) is 0 Å². The molecule has 5 heteroatoms. The fourth-order valence-corrected chi connectivity index (χ4v) is 3.55. The maximum Gasteiger partial charge on any atom is 0.326 e. The van der Waals surface area contributed by atoms with E-state index in [0.717, 1.165) is 27.1 Å². The molecule has 3 aromatic rings. The van der Waals surface area contributed by atoms with Crippen LogP contribution in [0, 0.1) is 5.92 Å². The van der Waals surface area contributed by atoms with Gasteiger partial charge in [-0.15, -0.1) is 0 Å². The van der Waals surface area contributed by atoms with Crippen molar-refractivity contribution in [2.75, 3.05) is 0 Å². The smallest absolute Gasteiger partial charge is 0.326 e. The molecule has 0 aromatic heterocycles. The van der Waals surface area contributed by atoms with Crippen molar-refractivity contribution in [3.05, 3.63) is 60.2 Å². The number of carboxylic acid groups (broad SMARTS) is 1. The third-order valence-electron chi connectivity index (χ3n) is 4.90. The van der Waals surface area contributed by atoms with Crippen LogP contribution in [0.3, 0.4) is 0 Å². The standard InChI is InChI=1S/C23H25NO4/c1-14(2)11-21(25)22(26)24-20(23(27)28)13-19-17-9-5-3-7-15(17)12-16-8-4-6-10-18(16)19/h3-10,12,14,20-21,25H,11,13H2,1-2H3,(H,24,26)(H,27,28)/t20-,21-/m1/s1. The molecule has 3 N–H and O–H groups in total. The number of rotatable bonds is 7. The van der Waals surface area contributed by atoms with Crippen molar-refractivity contribution in [1.82, 2.24) is 5.32 Å². The first kappa shape index (κ1) is 19.8. The van der Waals surface area contributed by atoms with Gasteiger partial charge in [-0.05, 0) is 45.5 Å². The summed E-state index contributed by atoms with van der Waals surface area (Å²) in [4.78, 5) is 24.1. The monoisotopic (exact) mass is 379 g/mol. The molecular formula is C23H25NO4. The molecule has 0 spiro atoms. The van der Waals surface area contributed by atoms with Gasteiger partial charge in [-0.25, -0.2) is 4.79 Å². The lowest BCUT2D eigenvalue weighted by Crippen LogP contribution is -2.47. The van der Waals surface area contributed by atoms with E-state index in [9.17, 15) is 19.8 Å². The Kier molecular flexibility index (Phi) is 5.95. The van der Waals surface area contributed by atoms with Crippen molar-refractivity contribution in [2.45, 2.75) is 38.8 Å². The first-order chi connectivity index (χ1) is 13.4. The Labute approximate surface area is 164 Å². The van der Waals surface area contributed by atoms with Gasteiger partial charge in [0.25, 0.3) is 0 Å². The number of fused-ring (bicyclic) bond motifs is 2. The number of nitrogens with one attached hydrogen (secondary N) is 1. The molecule has 0 aliphatic carbocycles. The Balaban J connectivity index is 1.98. The third-order valence-corrected chi connectivity index (χ3v) is 4.90. The Bertz CT molecular complexity index is 958. The predicted octanol–water partition coefficient (Wildman–Crippen LogP) is 3.51. The zero-order valence-electron chi connectivity index (χ0n) is 16.1. The number of carboxylic acids is 1. The second kappa shape index (κ2) is 8.40. The van der Waals surface area contributed by atoms with Crippen LogP contribution in [0.25, 0.3) is 21.5 Å². The van der Waals surface area contributed by atoms with Crippen LogP contribution in [-0.2, 0) is 16.0 Å². The molecule has 0 saturated heterocycles. The lowest BCUT2D eigenvalue weighted by molar-refractivity contribution is -0.143. The van der Waals surface area contributed by atoms with Gasteiger partial charge in [-0.2, -0.15) is 0 Å². The van der Waals surface area contributed by atoms with Crippen molar-refractivity contribution >= 4 is 33.4 Å². The van der Waals surface area contributed by atoms with Crippen molar-refractivity contribution in [2.24, 2.45) is 5.92 Å². The van der Waals surface area contributed by atoms with E-state index in [0.29, 0.717) is 0 Å². The summed E-state index contributed by atoms with van der Waals surface area (Å²) < 4.78 is 0. The number of aliphatic hydroxyl groups excluding tert-OH is 1. The van der Waals surface area contributed by atoms with Crippen LogP contribution in [0.5, 0.6) is 0 Å². The zero-order valence-corrected chi connectivity index (χ0v) is 16.1.